The Bertz CT molecular complexity index is 716. The van der Waals surface area contributed by atoms with E-state index in [1.165, 1.54) is 44.9 Å². The van der Waals surface area contributed by atoms with Gasteiger partial charge in [0.15, 0.2) is 17.9 Å². The van der Waals surface area contributed by atoms with Gasteiger partial charge < -0.3 is 14.2 Å². The first-order valence-corrected chi connectivity index (χ1v) is 12.9. The molecule has 0 bridgehead atoms. The lowest BCUT2D eigenvalue weighted by atomic mass is 9.73. The monoisotopic (exact) mass is 450 g/mol. The largest absolute Gasteiger partial charge is 0.377 e. The van der Waals surface area contributed by atoms with E-state index in [1.807, 2.05) is 0 Å². The van der Waals surface area contributed by atoms with Crippen molar-refractivity contribution in [3.8, 4) is 0 Å². The molecule has 180 valence electrons. The average Bonchev–Trinajstić information content (AvgIpc) is 2.84. The van der Waals surface area contributed by atoms with Crippen molar-refractivity contribution in [2.24, 2.45) is 17.8 Å². The first-order chi connectivity index (χ1) is 15.6. The van der Waals surface area contributed by atoms with Crippen molar-refractivity contribution in [3.63, 3.8) is 0 Å². The molecule has 3 aliphatic rings. The highest BCUT2D eigenvalue weighted by Gasteiger charge is 2.36. The molecule has 2 aliphatic heterocycles. The van der Waals surface area contributed by atoms with Gasteiger partial charge in [-0.3, -0.25) is 0 Å². The number of hydrogen-bond acceptors (Lipinski definition) is 3. The maximum atomic E-state index is 14.4. The third kappa shape index (κ3) is 5.71. The van der Waals surface area contributed by atoms with Crippen molar-refractivity contribution in [2.75, 3.05) is 19.8 Å². The summed E-state index contributed by atoms with van der Waals surface area (Å²) in [6, 6.07) is 3.41. The van der Waals surface area contributed by atoms with Crippen LogP contribution in [0.1, 0.15) is 88.2 Å². The van der Waals surface area contributed by atoms with E-state index in [0.717, 1.165) is 32.5 Å². The Morgan fingerprint density at radius 3 is 2.16 bits per heavy atom. The molecule has 5 heteroatoms. The van der Waals surface area contributed by atoms with Crippen molar-refractivity contribution >= 4 is 0 Å². The summed E-state index contributed by atoms with van der Waals surface area (Å²) < 4.78 is 46.6. The molecule has 1 aliphatic carbocycles. The maximum absolute atomic E-state index is 14.4. The van der Waals surface area contributed by atoms with Crippen molar-refractivity contribution in [1.82, 2.24) is 0 Å². The zero-order valence-electron chi connectivity index (χ0n) is 19.8. The van der Waals surface area contributed by atoms with Crippen molar-refractivity contribution in [3.05, 3.63) is 34.9 Å². The van der Waals surface area contributed by atoms with Crippen LogP contribution in [-0.4, -0.2) is 32.2 Å². The third-order valence-corrected chi connectivity index (χ3v) is 8.10. The second-order valence-electron chi connectivity index (χ2n) is 10.3. The molecule has 1 aromatic rings. The van der Waals surface area contributed by atoms with E-state index in [1.54, 1.807) is 19.1 Å². The molecule has 1 saturated carbocycles. The summed E-state index contributed by atoms with van der Waals surface area (Å²) >= 11 is 0. The summed E-state index contributed by atoms with van der Waals surface area (Å²) in [4.78, 5) is 0. The fraction of sp³-hybridized carbons (Fsp3) is 0.778. The lowest BCUT2D eigenvalue weighted by Gasteiger charge is -2.41. The molecule has 2 atom stereocenters. The summed E-state index contributed by atoms with van der Waals surface area (Å²) in [5.41, 5.74) is 0.832. The van der Waals surface area contributed by atoms with E-state index in [4.69, 9.17) is 14.2 Å². The minimum absolute atomic E-state index is 0.00423. The van der Waals surface area contributed by atoms with E-state index in [0.29, 0.717) is 35.5 Å². The van der Waals surface area contributed by atoms with Crippen LogP contribution >= 0.6 is 0 Å². The van der Waals surface area contributed by atoms with Crippen LogP contribution < -0.4 is 0 Å². The van der Waals surface area contributed by atoms with E-state index in [-0.39, 0.29) is 18.3 Å². The molecule has 2 heterocycles. The van der Waals surface area contributed by atoms with Crippen LogP contribution in [0, 0.1) is 36.3 Å². The van der Waals surface area contributed by atoms with Gasteiger partial charge in [0.2, 0.25) is 0 Å². The van der Waals surface area contributed by atoms with Gasteiger partial charge >= 0.3 is 0 Å². The van der Waals surface area contributed by atoms with Gasteiger partial charge in [-0.1, -0.05) is 31.9 Å². The molecule has 3 fully saturated rings. The Balaban J connectivity index is 1.19. The standard InChI is InChI=1S/C27H40F2O3/c1-3-4-5-6-25-31-16-22(17-32-25)19-8-10-20(11-9-19)24-14-12-21(15-30-24)23-13-7-18(2)26(28)27(23)29/h7,13,19-22,24-25H,3-6,8-12,14-17H2,1-2H3. The van der Waals surface area contributed by atoms with Gasteiger partial charge in [0, 0.05) is 11.8 Å². The summed E-state index contributed by atoms with van der Waals surface area (Å²) in [6.45, 7) is 5.99. The third-order valence-electron chi connectivity index (χ3n) is 8.10. The predicted molar refractivity (Wildman–Crippen MR) is 122 cm³/mol. The van der Waals surface area contributed by atoms with Gasteiger partial charge in [-0.2, -0.15) is 0 Å². The molecule has 3 nitrogen and oxygen atoms in total. The summed E-state index contributed by atoms with van der Waals surface area (Å²) in [6.07, 6.45) is 11.5. The number of halogens is 2. The molecule has 1 aromatic carbocycles. The van der Waals surface area contributed by atoms with Crippen LogP contribution in [0.15, 0.2) is 12.1 Å². The molecule has 2 saturated heterocycles. The SMILES string of the molecule is CCCCCC1OCC(C2CCC(C3CCC(c4ccc(C)c(F)c4F)CO3)CC2)CO1. The maximum Gasteiger partial charge on any atom is 0.162 e. The minimum Gasteiger partial charge on any atom is -0.377 e. The van der Waals surface area contributed by atoms with Crippen molar-refractivity contribution in [1.29, 1.82) is 0 Å². The van der Waals surface area contributed by atoms with Crippen LogP contribution in [0.4, 0.5) is 8.78 Å². The first kappa shape index (κ1) is 24.1. The van der Waals surface area contributed by atoms with E-state index in [9.17, 15) is 8.78 Å². The molecular formula is C27H40F2O3. The van der Waals surface area contributed by atoms with Crippen LogP contribution in [0.25, 0.3) is 0 Å². The second kappa shape index (κ2) is 11.4. The number of unbranched alkanes of at least 4 members (excludes halogenated alkanes) is 2. The highest BCUT2D eigenvalue weighted by Crippen LogP contribution is 2.41. The molecule has 0 amide bonds. The summed E-state index contributed by atoms with van der Waals surface area (Å²) in [7, 11) is 0. The minimum atomic E-state index is -0.717. The van der Waals surface area contributed by atoms with E-state index < -0.39 is 11.6 Å². The molecule has 0 aromatic heterocycles. The number of benzene rings is 1. The molecule has 2 unspecified atom stereocenters. The smallest absolute Gasteiger partial charge is 0.162 e. The van der Waals surface area contributed by atoms with Crippen LogP contribution in [0.2, 0.25) is 0 Å². The van der Waals surface area contributed by atoms with E-state index in [2.05, 4.69) is 6.92 Å². The van der Waals surface area contributed by atoms with Gasteiger partial charge in [0.1, 0.15) is 0 Å². The van der Waals surface area contributed by atoms with Crippen molar-refractivity contribution < 1.29 is 23.0 Å². The Morgan fingerprint density at radius 2 is 1.50 bits per heavy atom. The highest BCUT2D eigenvalue weighted by molar-refractivity contribution is 5.28. The number of rotatable bonds is 7. The number of aryl methyl sites for hydroxylation is 1. The normalized spacial score (nSPS) is 33.9. The molecule has 4 rings (SSSR count). The summed E-state index contributed by atoms with van der Waals surface area (Å²) in [5, 5.41) is 0. The van der Waals surface area contributed by atoms with Crippen LogP contribution in [-0.2, 0) is 14.2 Å². The Kier molecular flexibility index (Phi) is 8.58. The van der Waals surface area contributed by atoms with Crippen LogP contribution in [0.5, 0.6) is 0 Å². The quantitative estimate of drug-likeness (QED) is 0.422. The van der Waals surface area contributed by atoms with E-state index >= 15 is 0 Å². The topological polar surface area (TPSA) is 27.7 Å². The Hall–Kier alpha value is -1.04. The summed E-state index contributed by atoms with van der Waals surface area (Å²) in [5.74, 6) is 0.338. The van der Waals surface area contributed by atoms with Crippen LogP contribution in [0.3, 0.4) is 0 Å². The lowest BCUT2D eigenvalue weighted by Crippen LogP contribution is -2.39. The molecule has 32 heavy (non-hydrogen) atoms. The predicted octanol–water partition coefficient (Wildman–Crippen LogP) is 6.91. The van der Waals surface area contributed by atoms with Gasteiger partial charge in [-0.15, -0.1) is 0 Å². The van der Waals surface area contributed by atoms with Gasteiger partial charge in [0.25, 0.3) is 0 Å². The average molecular weight is 451 g/mol. The Labute approximate surface area is 192 Å². The fourth-order valence-electron chi connectivity index (χ4n) is 5.91. The highest BCUT2D eigenvalue weighted by atomic mass is 19.2. The fourth-order valence-corrected chi connectivity index (χ4v) is 5.91. The lowest BCUT2D eigenvalue weighted by molar-refractivity contribution is -0.213. The number of hydrogen-bond donors (Lipinski definition) is 0. The van der Waals surface area contributed by atoms with Crippen molar-refractivity contribution in [2.45, 2.75) is 96.4 Å². The molecule has 0 spiro atoms. The Morgan fingerprint density at radius 1 is 0.781 bits per heavy atom. The van der Waals surface area contributed by atoms with Gasteiger partial charge in [-0.25, -0.2) is 8.78 Å². The zero-order valence-corrected chi connectivity index (χ0v) is 19.8. The second-order valence-corrected chi connectivity index (χ2v) is 10.3. The van der Waals surface area contributed by atoms with Gasteiger partial charge in [0.05, 0.1) is 25.9 Å². The number of ether oxygens (including phenoxy) is 3. The molecular weight excluding hydrogens is 410 g/mol. The molecule has 0 N–H and O–H groups in total. The first-order valence-electron chi connectivity index (χ1n) is 12.9. The molecule has 0 radical (unpaired) electrons. The van der Waals surface area contributed by atoms with Gasteiger partial charge in [-0.05, 0) is 81.3 Å². The zero-order chi connectivity index (χ0) is 22.5.